The van der Waals surface area contributed by atoms with Crippen molar-refractivity contribution in [3.05, 3.63) is 52.7 Å². The first-order chi connectivity index (χ1) is 8.56. The molecular weight excluding hydrogens is 224 g/mol. The van der Waals surface area contributed by atoms with Gasteiger partial charge in [0.2, 0.25) is 0 Å². The molecule has 0 aliphatic rings. The van der Waals surface area contributed by atoms with Crippen molar-refractivity contribution in [2.24, 2.45) is 0 Å². The van der Waals surface area contributed by atoms with Gasteiger partial charge in [-0.2, -0.15) is 0 Å². The molecule has 1 heterocycles. The van der Waals surface area contributed by atoms with E-state index in [1.54, 1.807) is 0 Å². The van der Waals surface area contributed by atoms with Gasteiger partial charge in [-0.3, -0.25) is 0 Å². The molecule has 2 rings (SSSR count). The molecule has 0 saturated heterocycles. The van der Waals surface area contributed by atoms with E-state index in [1.165, 1.54) is 16.7 Å². The molecule has 0 unspecified atom stereocenters. The van der Waals surface area contributed by atoms with Gasteiger partial charge in [0, 0.05) is 5.69 Å². The van der Waals surface area contributed by atoms with Gasteiger partial charge in [-0.1, -0.05) is 23.8 Å². The van der Waals surface area contributed by atoms with E-state index in [9.17, 15) is 0 Å². The van der Waals surface area contributed by atoms with E-state index in [-0.39, 0.29) is 0 Å². The van der Waals surface area contributed by atoms with Crippen LogP contribution in [0.1, 0.15) is 22.4 Å². The Morgan fingerprint density at radius 1 is 1.11 bits per heavy atom. The molecule has 3 heteroatoms. The lowest BCUT2D eigenvalue weighted by atomic mass is 10.1. The fraction of sp³-hybridized carbons (Fsp3) is 0.267. The molecule has 0 fully saturated rings. The average molecular weight is 242 g/mol. The van der Waals surface area contributed by atoms with Crippen molar-refractivity contribution < 1.29 is 4.74 Å². The fourth-order valence-corrected chi connectivity index (χ4v) is 1.80. The maximum atomic E-state index is 5.82. The van der Waals surface area contributed by atoms with Crippen LogP contribution >= 0.6 is 0 Å². The number of nitrogen functional groups attached to an aromatic ring is 1. The second-order valence-corrected chi connectivity index (χ2v) is 4.55. The molecule has 3 nitrogen and oxygen atoms in total. The summed E-state index contributed by atoms with van der Waals surface area (Å²) in [6, 6.07) is 10.1. The highest BCUT2D eigenvalue weighted by atomic mass is 16.5. The van der Waals surface area contributed by atoms with Crippen molar-refractivity contribution in [2.45, 2.75) is 27.4 Å². The summed E-state index contributed by atoms with van der Waals surface area (Å²) in [5.74, 6) is 1.09. The quantitative estimate of drug-likeness (QED) is 0.899. The third-order valence-corrected chi connectivity index (χ3v) is 2.91. The van der Waals surface area contributed by atoms with Crippen molar-refractivity contribution in [2.75, 3.05) is 5.73 Å². The van der Waals surface area contributed by atoms with Gasteiger partial charge >= 0.3 is 0 Å². The number of nitrogens with zero attached hydrogens (tertiary/aromatic N) is 1. The lowest BCUT2D eigenvalue weighted by Crippen LogP contribution is -2.02. The highest BCUT2D eigenvalue weighted by molar-refractivity contribution is 5.46. The van der Waals surface area contributed by atoms with E-state index >= 15 is 0 Å². The van der Waals surface area contributed by atoms with E-state index in [0.29, 0.717) is 18.2 Å². The number of anilines is 1. The summed E-state index contributed by atoms with van der Waals surface area (Å²) in [6.45, 7) is 6.58. The van der Waals surface area contributed by atoms with E-state index < -0.39 is 0 Å². The molecule has 0 radical (unpaired) electrons. The largest absolute Gasteiger partial charge is 0.485 e. The molecule has 18 heavy (non-hydrogen) atoms. The molecule has 1 aromatic carbocycles. The van der Waals surface area contributed by atoms with Gasteiger partial charge in [0.15, 0.2) is 11.6 Å². The van der Waals surface area contributed by atoms with Gasteiger partial charge in [-0.15, -0.1) is 0 Å². The number of hydrogen-bond acceptors (Lipinski definition) is 3. The van der Waals surface area contributed by atoms with Crippen molar-refractivity contribution in [3.63, 3.8) is 0 Å². The number of aromatic nitrogens is 1. The van der Waals surface area contributed by atoms with Crippen molar-refractivity contribution >= 4 is 5.82 Å². The van der Waals surface area contributed by atoms with E-state index in [2.05, 4.69) is 37.0 Å². The third kappa shape index (κ3) is 2.80. The van der Waals surface area contributed by atoms with Crippen LogP contribution in [0.3, 0.4) is 0 Å². The summed E-state index contributed by atoms with van der Waals surface area (Å²) in [5.41, 5.74) is 10.3. The third-order valence-electron chi connectivity index (χ3n) is 2.91. The SMILES string of the molecule is Cc1ccc(C)c(COc2ccc(C)nc2N)c1. The molecule has 2 N–H and O–H groups in total. The molecule has 0 bridgehead atoms. The van der Waals surface area contributed by atoms with Crippen LogP contribution in [-0.4, -0.2) is 4.98 Å². The number of benzene rings is 1. The predicted octanol–water partition coefficient (Wildman–Crippen LogP) is 3.17. The Bertz CT molecular complexity index is 564. The monoisotopic (exact) mass is 242 g/mol. The zero-order chi connectivity index (χ0) is 13.1. The van der Waals surface area contributed by atoms with Crippen LogP contribution < -0.4 is 10.5 Å². The zero-order valence-electron chi connectivity index (χ0n) is 11.0. The molecular formula is C15H18N2O. The lowest BCUT2D eigenvalue weighted by Gasteiger charge is -2.11. The first kappa shape index (κ1) is 12.4. The molecule has 2 aromatic rings. The highest BCUT2D eigenvalue weighted by Crippen LogP contribution is 2.21. The van der Waals surface area contributed by atoms with Gasteiger partial charge in [-0.25, -0.2) is 4.98 Å². The minimum Gasteiger partial charge on any atom is -0.485 e. The van der Waals surface area contributed by atoms with Crippen LogP contribution in [0, 0.1) is 20.8 Å². The Kier molecular flexibility index (Phi) is 3.51. The Balaban J connectivity index is 2.13. The lowest BCUT2D eigenvalue weighted by molar-refractivity contribution is 0.306. The molecule has 0 aliphatic carbocycles. The summed E-state index contributed by atoms with van der Waals surface area (Å²) in [7, 11) is 0. The van der Waals surface area contributed by atoms with Gasteiger partial charge in [-0.05, 0) is 44.0 Å². The van der Waals surface area contributed by atoms with Gasteiger partial charge in [0.25, 0.3) is 0 Å². The van der Waals surface area contributed by atoms with Crippen LogP contribution in [0.4, 0.5) is 5.82 Å². The molecule has 94 valence electrons. The summed E-state index contributed by atoms with van der Waals surface area (Å²) in [4.78, 5) is 4.18. The van der Waals surface area contributed by atoms with Crippen molar-refractivity contribution in [3.8, 4) is 5.75 Å². The van der Waals surface area contributed by atoms with Crippen LogP contribution in [0.5, 0.6) is 5.75 Å². The van der Waals surface area contributed by atoms with E-state index in [4.69, 9.17) is 10.5 Å². The predicted molar refractivity (Wildman–Crippen MR) is 73.6 cm³/mol. The van der Waals surface area contributed by atoms with Crippen LogP contribution in [0.15, 0.2) is 30.3 Å². The summed E-state index contributed by atoms with van der Waals surface area (Å²) >= 11 is 0. The molecule has 0 aliphatic heterocycles. The second kappa shape index (κ2) is 5.08. The smallest absolute Gasteiger partial charge is 0.166 e. The first-order valence-electron chi connectivity index (χ1n) is 5.98. The molecule has 0 atom stereocenters. The Morgan fingerprint density at radius 2 is 1.89 bits per heavy atom. The Hall–Kier alpha value is -2.03. The Labute approximate surface area is 108 Å². The first-order valence-corrected chi connectivity index (χ1v) is 5.98. The van der Waals surface area contributed by atoms with Crippen LogP contribution in [-0.2, 0) is 6.61 Å². The number of rotatable bonds is 3. The maximum absolute atomic E-state index is 5.82. The number of aryl methyl sites for hydroxylation is 3. The number of ether oxygens (including phenoxy) is 1. The molecule has 0 amide bonds. The molecule has 1 aromatic heterocycles. The minimum atomic E-state index is 0.445. The molecule has 0 saturated carbocycles. The average Bonchev–Trinajstić information content (AvgIpc) is 2.32. The standard InChI is InChI=1S/C15H18N2O/c1-10-4-5-11(2)13(8-10)9-18-14-7-6-12(3)17-15(14)16/h4-8H,9H2,1-3H3,(H2,16,17). The van der Waals surface area contributed by atoms with E-state index in [1.807, 2.05) is 19.1 Å². The van der Waals surface area contributed by atoms with Gasteiger partial charge < -0.3 is 10.5 Å². The van der Waals surface area contributed by atoms with Crippen LogP contribution in [0.25, 0.3) is 0 Å². The zero-order valence-corrected chi connectivity index (χ0v) is 11.0. The number of hydrogen-bond donors (Lipinski definition) is 1. The molecule has 0 spiro atoms. The van der Waals surface area contributed by atoms with Gasteiger partial charge in [0.1, 0.15) is 6.61 Å². The maximum Gasteiger partial charge on any atom is 0.166 e. The van der Waals surface area contributed by atoms with Gasteiger partial charge in [0.05, 0.1) is 0 Å². The van der Waals surface area contributed by atoms with Crippen molar-refractivity contribution in [1.29, 1.82) is 0 Å². The van der Waals surface area contributed by atoms with Crippen LogP contribution in [0.2, 0.25) is 0 Å². The fourth-order valence-electron chi connectivity index (χ4n) is 1.80. The summed E-state index contributed by atoms with van der Waals surface area (Å²) in [6.07, 6.45) is 0. The Morgan fingerprint density at radius 3 is 2.61 bits per heavy atom. The number of nitrogens with two attached hydrogens (primary N) is 1. The number of pyridine rings is 1. The van der Waals surface area contributed by atoms with E-state index in [0.717, 1.165) is 5.69 Å². The summed E-state index contributed by atoms with van der Waals surface area (Å²) < 4.78 is 5.73. The topological polar surface area (TPSA) is 48.1 Å². The minimum absolute atomic E-state index is 0.445. The van der Waals surface area contributed by atoms with Crippen molar-refractivity contribution in [1.82, 2.24) is 4.98 Å². The second-order valence-electron chi connectivity index (χ2n) is 4.55. The highest BCUT2D eigenvalue weighted by Gasteiger charge is 2.04. The summed E-state index contributed by atoms with van der Waals surface area (Å²) in [5, 5.41) is 0. The normalized spacial score (nSPS) is 10.4.